The van der Waals surface area contributed by atoms with Crippen LogP contribution in [0.2, 0.25) is 13.1 Å². The lowest BCUT2D eigenvalue weighted by atomic mass is 10.1. The molecule has 1 aliphatic heterocycles. The fourth-order valence-corrected chi connectivity index (χ4v) is 11.4. The van der Waals surface area contributed by atoms with Gasteiger partial charge in [0.1, 0.15) is 8.07 Å². The predicted molar refractivity (Wildman–Crippen MR) is 177 cm³/mol. The van der Waals surface area contributed by atoms with Crippen molar-refractivity contribution < 1.29 is 0 Å². The Morgan fingerprint density at radius 1 is 0.610 bits per heavy atom. The molecule has 194 valence electrons. The molecule has 0 N–H and O–H groups in total. The van der Waals surface area contributed by atoms with Gasteiger partial charge in [0, 0.05) is 31.8 Å². The molecule has 4 heterocycles. The van der Waals surface area contributed by atoms with Crippen LogP contribution in [0.15, 0.2) is 115 Å². The highest BCUT2D eigenvalue weighted by Crippen LogP contribution is 2.43. The summed E-state index contributed by atoms with van der Waals surface area (Å²) in [6, 6.07) is 41.5. The molecular weight excluding hydrogens is 535 g/mol. The third kappa shape index (κ3) is 3.07. The van der Waals surface area contributed by atoms with Gasteiger partial charge in [-0.05, 0) is 28.1 Å². The van der Waals surface area contributed by atoms with Crippen molar-refractivity contribution in [2.45, 2.75) is 13.1 Å². The first-order valence-corrected chi connectivity index (χ1v) is 17.8. The van der Waals surface area contributed by atoms with Crippen LogP contribution in [0.1, 0.15) is 0 Å². The SMILES string of the molecule is C[Si]1(C)c2ccccc2-c2nc(-n3c4ccccc4c4ccc5c6ccccc6sc5c43)nc(-c3ccccc3)c21. The fraction of sp³-hybridized carbons (Fsp3) is 0.0556. The molecule has 0 saturated heterocycles. The zero-order chi connectivity index (χ0) is 27.3. The van der Waals surface area contributed by atoms with E-state index >= 15 is 0 Å². The van der Waals surface area contributed by atoms with Gasteiger partial charge in [-0.25, -0.2) is 9.97 Å². The molecule has 0 aliphatic carbocycles. The number of aromatic nitrogens is 3. The van der Waals surface area contributed by atoms with E-state index in [1.165, 1.54) is 52.4 Å². The van der Waals surface area contributed by atoms with E-state index in [4.69, 9.17) is 9.97 Å². The third-order valence-electron chi connectivity index (χ3n) is 8.80. The third-order valence-corrected chi connectivity index (χ3v) is 13.5. The average Bonchev–Trinajstić information content (AvgIpc) is 3.64. The first kappa shape index (κ1) is 23.2. The quantitative estimate of drug-likeness (QED) is 0.199. The highest BCUT2D eigenvalue weighted by Gasteiger charge is 2.41. The summed E-state index contributed by atoms with van der Waals surface area (Å²) in [5.41, 5.74) is 6.88. The highest BCUT2D eigenvalue weighted by molar-refractivity contribution is 7.26. The molecule has 5 aromatic carbocycles. The van der Waals surface area contributed by atoms with E-state index in [-0.39, 0.29) is 0 Å². The summed E-state index contributed by atoms with van der Waals surface area (Å²) in [5, 5.41) is 7.81. The monoisotopic (exact) mass is 559 g/mol. The van der Waals surface area contributed by atoms with Gasteiger partial charge in [-0.15, -0.1) is 11.3 Å². The summed E-state index contributed by atoms with van der Waals surface area (Å²) < 4.78 is 4.90. The Kier molecular flexibility index (Phi) is 4.65. The fourth-order valence-electron chi connectivity index (χ4n) is 6.95. The number of para-hydroxylation sites is 1. The van der Waals surface area contributed by atoms with Gasteiger partial charge in [0.25, 0.3) is 0 Å². The van der Waals surface area contributed by atoms with Crippen molar-refractivity contribution in [1.29, 1.82) is 0 Å². The molecule has 0 saturated carbocycles. The summed E-state index contributed by atoms with van der Waals surface area (Å²) in [5.74, 6) is 0.736. The molecule has 0 amide bonds. The minimum atomic E-state index is -2.02. The molecule has 41 heavy (non-hydrogen) atoms. The minimum Gasteiger partial charge on any atom is -0.276 e. The molecule has 0 spiro atoms. The number of benzene rings is 5. The molecule has 0 unspecified atom stereocenters. The molecule has 0 bridgehead atoms. The summed E-state index contributed by atoms with van der Waals surface area (Å²) in [4.78, 5) is 11.0. The maximum atomic E-state index is 5.49. The van der Waals surface area contributed by atoms with Crippen LogP contribution < -0.4 is 10.4 Å². The first-order valence-electron chi connectivity index (χ1n) is 14.0. The van der Waals surface area contributed by atoms with E-state index < -0.39 is 8.07 Å². The van der Waals surface area contributed by atoms with Crippen molar-refractivity contribution in [3.8, 4) is 28.5 Å². The average molecular weight is 560 g/mol. The molecule has 9 rings (SSSR count). The lowest BCUT2D eigenvalue weighted by Crippen LogP contribution is -2.50. The van der Waals surface area contributed by atoms with E-state index in [1.807, 2.05) is 11.3 Å². The smallest absolute Gasteiger partial charge is 0.235 e. The Balaban J connectivity index is 1.47. The summed E-state index contributed by atoms with van der Waals surface area (Å²) in [7, 11) is -2.02. The Labute approximate surface area is 242 Å². The molecule has 3 nitrogen and oxygen atoms in total. The van der Waals surface area contributed by atoms with E-state index in [0.717, 1.165) is 28.4 Å². The standard InChI is InChI=1S/C36H25N3SSi/c1-41(2)30-19-11-8-16-27(30)32-35(41)31(22-12-4-3-5-13-22)37-36(38-32)39-28-17-9-6-14-23(28)25-20-21-26-24-15-7-10-18-29(24)40-34(26)33(25)39/h3-21H,1-2H3. The molecule has 0 atom stereocenters. The van der Waals surface area contributed by atoms with E-state index in [9.17, 15) is 0 Å². The molecular formula is C36H25N3SSi. The van der Waals surface area contributed by atoms with Gasteiger partial charge < -0.3 is 0 Å². The maximum absolute atomic E-state index is 5.49. The van der Waals surface area contributed by atoms with Gasteiger partial charge in [0.05, 0.1) is 27.1 Å². The van der Waals surface area contributed by atoms with Crippen molar-refractivity contribution in [1.82, 2.24) is 14.5 Å². The number of hydrogen-bond donors (Lipinski definition) is 0. The van der Waals surface area contributed by atoms with Crippen LogP contribution in [0.25, 0.3) is 70.4 Å². The van der Waals surface area contributed by atoms with Gasteiger partial charge in [0.2, 0.25) is 5.95 Å². The number of nitrogens with zero attached hydrogens (tertiary/aromatic N) is 3. The molecule has 5 heteroatoms. The number of thiophene rings is 1. The molecule has 1 aliphatic rings. The van der Waals surface area contributed by atoms with Gasteiger partial charge >= 0.3 is 0 Å². The van der Waals surface area contributed by atoms with E-state index in [0.29, 0.717) is 0 Å². The summed E-state index contributed by atoms with van der Waals surface area (Å²) in [6.45, 7) is 4.88. The van der Waals surface area contributed by atoms with Crippen LogP contribution in [0.4, 0.5) is 0 Å². The lowest BCUT2D eigenvalue weighted by Gasteiger charge is -2.22. The number of fused-ring (bicyclic) bond motifs is 10. The largest absolute Gasteiger partial charge is 0.276 e. The summed E-state index contributed by atoms with van der Waals surface area (Å²) in [6.07, 6.45) is 0. The van der Waals surface area contributed by atoms with Crippen LogP contribution in [-0.4, -0.2) is 22.6 Å². The molecule has 3 aromatic heterocycles. The molecule has 0 fully saturated rings. The van der Waals surface area contributed by atoms with Crippen LogP contribution in [-0.2, 0) is 0 Å². The number of hydrogen-bond acceptors (Lipinski definition) is 3. The Morgan fingerprint density at radius 2 is 1.29 bits per heavy atom. The van der Waals surface area contributed by atoms with Crippen molar-refractivity contribution >= 4 is 71.8 Å². The van der Waals surface area contributed by atoms with Gasteiger partial charge in [-0.3, -0.25) is 4.57 Å². The van der Waals surface area contributed by atoms with Crippen molar-refractivity contribution in [2.24, 2.45) is 0 Å². The first-order chi connectivity index (χ1) is 20.1. The second-order valence-corrected chi connectivity index (χ2v) is 16.8. The van der Waals surface area contributed by atoms with Crippen molar-refractivity contribution in [3.63, 3.8) is 0 Å². The van der Waals surface area contributed by atoms with Crippen molar-refractivity contribution in [3.05, 3.63) is 115 Å². The Morgan fingerprint density at radius 3 is 2.17 bits per heavy atom. The van der Waals surface area contributed by atoms with E-state index in [1.54, 1.807) is 0 Å². The predicted octanol–water partition coefficient (Wildman–Crippen LogP) is 8.41. The zero-order valence-corrected chi connectivity index (χ0v) is 24.5. The van der Waals surface area contributed by atoms with Gasteiger partial charge in [-0.2, -0.15) is 0 Å². The molecule has 0 radical (unpaired) electrons. The van der Waals surface area contributed by atoms with Crippen LogP contribution in [0.3, 0.4) is 0 Å². The summed E-state index contributed by atoms with van der Waals surface area (Å²) >= 11 is 1.86. The highest BCUT2D eigenvalue weighted by atomic mass is 32.1. The minimum absolute atomic E-state index is 0.736. The second-order valence-electron chi connectivity index (χ2n) is 11.4. The molecule has 8 aromatic rings. The van der Waals surface area contributed by atoms with Gasteiger partial charge in [0.15, 0.2) is 0 Å². The topological polar surface area (TPSA) is 30.7 Å². The van der Waals surface area contributed by atoms with Crippen LogP contribution in [0.5, 0.6) is 0 Å². The number of rotatable bonds is 2. The van der Waals surface area contributed by atoms with E-state index in [2.05, 4.69) is 133 Å². The van der Waals surface area contributed by atoms with Crippen molar-refractivity contribution in [2.75, 3.05) is 0 Å². The lowest BCUT2D eigenvalue weighted by molar-refractivity contribution is 1.00. The van der Waals surface area contributed by atoms with Gasteiger partial charge in [-0.1, -0.05) is 116 Å². The maximum Gasteiger partial charge on any atom is 0.235 e. The normalized spacial score (nSPS) is 13.8. The van der Waals surface area contributed by atoms with Crippen LogP contribution in [0, 0.1) is 0 Å². The Bertz CT molecular complexity index is 2350. The Hall–Kier alpha value is -4.58. The zero-order valence-electron chi connectivity index (χ0n) is 22.7. The second kappa shape index (κ2) is 8.23. The van der Waals surface area contributed by atoms with Crippen LogP contribution >= 0.6 is 11.3 Å².